The number of ether oxygens (including phenoxy) is 1. The summed E-state index contributed by atoms with van der Waals surface area (Å²) < 4.78 is 5.08. The van der Waals surface area contributed by atoms with Crippen LogP contribution in [0.4, 0.5) is 10.5 Å². The van der Waals surface area contributed by atoms with Crippen molar-refractivity contribution >= 4 is 17.7 Å². The summed E-state index contributed by atoms with van der Waals surface area (Å²) in [6, 6.07) is 6.88. The van der Waals surface area contributed by atoms with E-state index in [0.717, 1.165) is 19.3 Å². The molecule has 0 aromatic heterocycles. The third kappa shape index (κ3) is 7.81. The highest BCUT2D eigenvalue weighted by Gasteiger charge is 2.02. The Morgan fingerprint density at radius 1 is 1.19 bits per heavy atom. The highest BCUT2D eigenvalue weighted by molar-refractivity contribution is 5.89. The Balaban J connectivity index is 2.12. The number of rotatable bonds is 9. The topological polar surface area (TPSA) is 87.7 Å². The van der Waals surface area contributed by atoms with Gasteiger partial charge >= 0.3 is 12.0 Å². The summed E-state index contributed by atoms with van der Waals surface area (Å²) in [6.45, 7) is 0.572. The second-order valence-corrected chi connectivity index (χ2v) is 4.67. The van der Waals surface area contributed by atoms with Gasteiger partial charge in [0.15, 0.2) is 0 Å². The SMILES string of the molecule is COc1cccc(NC(=O)NCCCCCCC(=O)O)c1. The van der Waals surface area contributed by atoms with Crippen LogP contribution in [-0.4, -0.2) is 30.8 Å². The molecule has 0 bridgehead atoms. The number of aliphatic carboxylic acids is 1. The van der Waals surface area contributed by atoms with Gasteiger partial charge in [0.25, 0.3) is 0 Å². The van der Waals surface area contributed by atoms with E-state index in [1.807, 2.05) is 0 Å². The molecule has 0 saturated carbocycles. The van der Waals surface area contributed by atoms with Gasteiger partial charge < -0.3 is 20.5 Å². The monoisotopic (exact) mass is 294 g/mol. The van der Waals surface area contributed by atoms with E-state index in [2.05, 4.69) is 10.6 Å². The normalized spacial score (nSPS) is 9.95. The summed E-state index contributed by atoms with van der Waals surface area (Å²) in [5.41, 5.74) is 0.674. The minimum Gasteiger partial charge on any atom is -0.497 e. The van der Waals surface area contributed by atoms with Crippen molar-refractivity contribution < 1.29 is 19.4 Å². The number of unbranched alkanes of at least 4 members (excludes halogenated alkanes) is 3. The largest absolute Gasteiger partial charge is 0.497 e. The standard InChI is InChI=1S/C15H22N2O4/c1-21-13-8-6-7-12(11-13)17-15(20)16-10-5-3-2-4-9-14(18)19/h6-8,11H,2-5,9-10H2,1H3,(H,18,19)(H2,16,17,20). The first-order valence-electron chi connectivity index (χ1n) is 7.02. The summed E-state index contributed by atoms with van der Waals surface area (Å²) in [4.78, 5) is 22.0. The number of urea groups is 1. The van der Waals surface area contributed by atoms with Crippen LogP contribution in [0.1, 0.15) is 32.1 Å². The van der Waals surface area contributed by atoms with Crippen molar-refractivity contribution in [1.29, 1.82) is 0 Å². The minimum absolute atomic E-state index is 0.212. The van der Waals surface area contributed by atoms with Crippen LogP contribution in [0.2, 0.25) is 0 Å². The van der Waals surface area contributed by atoms with E-state index in [4.69, 9.17) is 9.84 Å². The number of hydrogen-bond donors (Lipinski definition) is 3. The van der Waals surface area contributed by atoms with Crippen LogP contribution in [0.15, 0.2) is 24.3 Å². The zero-order valence-electron chi connectivity index (χ0n) is 12.2. The molecule has 1 rings (SSSR count). The van der Waals surface area contributed by atoms with Gasteiger partial charge in [-0.2, -0.15) is 0 Å². The van der Waals surface area contributed by atoms with E-state index >= 15 is 0 Å². The first-order chi connectivity index (χ1) is 10.1. The Hall–Kier alpha value is -2.24. The Morgan fingerprint density at radius 3 is 2.67 bits per heavy atom. The molecule has 0 saturated heterocycles. The Bertz CT molecular complexity index is 463. The molecule has 0 radical (unpaired) electrons. The van der Waals surface area contributed by atoms with Gasteiger partial charge in [-0.15, -0.1) is 0 Å². The van der Waals surface area contributed by atoms with Crippen LogP contribution in [-0.2, 0) is 4.79 Å². The molecule has 3 N–H and O–H groups in total. The lowest BCUT2D eigenvalue weighted by molar-refractivity contribution is -0.137. The molecule has 0 fully saturated rings. The molecule has 2 amide bonds. The number of methoxy groups -OCH3 is 1. The van der Waals surface area contributed by atoms with Crippen molar-refractivity contribution in [3.63, 3.8) is 0 Å². The molecule has 0 spiro atoms. The van der Waals surface area contributed by atoms with Crippen molar-refractivity contribution in [3.8, 4) is 5.75 Å². The molecule has 6 heteroatoms. The van der Waals surface area contributed by atoms with Crippen molar-refractivity contribution in [2.45, 2.75) is 32.1 Å². The molecular weight excluding hydrogens is 272 g/mol. The maximum atomic E-state index is 11.6. The van der Waals surface area contributed by atoms with Gasteiger partial charge in [0, 0.05) is 24.7 Å². The number of nitrogens with one attached hydrogen (secondary N) is 2. The highest BCUT2D eigenvalue weighted by Crippen LogP contribution is 2.16. The predicted octanol–water partition coefficient (Wildman–Crippen LogP) is 2.85. The first-order valence-corrected chi connectivity index (χ1v) is 7.02. The number of amides is 2. The lowest BCUT2D eigenvalue weighted by Crippen LogP contribution is -2.29. The summed E-state index contributed by atoms with van der Waals surface area (Å²) in [6.07, 6.45) is 3.51. The van der Waals surface area contributed by atoms with E-state index in [9.17, 15) is 9.59 Å². The number of carbonyl (C=O) groups excluding carboxylic acids is 1. The fraction of sp³-hybridized carbons (Fsp3) is 0.467. The molecule has 0 heterocycles. The smallest absolute Gasteiger partial charge is 0.319 e. The van der Waals surface area contributed by atoms with E-state index in [1.54, 1.807) is 31.4 Å². The maximum Gasteiger partial charge on any atom is 0.319 e. The lowest BCUT2D eigenvalue weighted by atomic mass is 10.1. The van der Waals surface area contributed by atoms with Gasteiger partial charge in [-0.1, -0.05) is 18.9 Å². The Kier molecular flexibility index (Phi) is 7.71. The number of hydrogen-bond acceptors (Lipinski definition) is 3. The van der Waals surface area contributed by atoms with Crippen LogP contribution < -0.4 is 15.4 Å². The van der Waals surface area contributed by atoms with Crippen molar-refractivity contribution in [2.75, 3.05) is 19.0 Å². The number of carboxylic acid groups (broad SMARTS) is 1. The second-order valence-electron chi connectivity index (χ2n) is 4.67. The van der Waals surface area contributed by atoms with Crippen LogP contribution in [0, 0.1) is 0 Å². The number of carbonyl (C=O) groups is 2. The van der Waals surface area contributed by atoms with Gasteiger partial charge in [0.2, 0.25) is 0 Å². The van der Waals surface area contributed by atoms with E-state index in [1.165, 1.54) is 0 Å². The lowest BCUT2D eigenvalue weighted by Gasteiger charge is -2.08. The van der Waals surface area contributed by atoms with E-state index in [-0.39, 0.29) is 12.5 Å². The first kappa shape index (κ1) is 16.8. The zero-order valence-corrected chi connectivity index (χ0v) is 12.2. The Labute approximate surface area is 124 Å². The average Bonchev–Trinajstić information content (AvgIpc) is 2.46. The predicted molar refractivity (Wildman–Crippen MR) is 80.7 cm³/mol. The molecule has 0 aliphatic carbocycles. The minimum atomic E-state index is -0.759. The fourth-order valence-electron chi connectivity index (χ4n) is 1.83. The molecule has 21 heavy (non-hydrogen) atoms. The van der Waals surface area contributed by atoms with Crippen molar-refractivity contribution in [3.05, 3.63) is 24.3 Å². The average molecular weight is 294 g/mol. The summed E-state index contributed by atoms with van der Waals surface area (Å²) in [5.74, 6) is -0.0722. The summed E-state index contributed by atoms with van der Waals surface area (Å²) in [7, 11) is 1.57. The highest BCUT2D eigenvalue weighted by atomic mass is 16.5. The van der Waals surface area contributed by atoms with Gasteiger partial charge in [0.1, 0.15) is 5.75 Å². The molecular formula is C15H22N2O4. The molecule has 1 aromatic rings. The van der Waals surface area contributed by atoms with Crippen LogP contribution in [0.5, 0.6) is 5.75 Å². The molecule has 0 atom stereocenters. The molecule has 0 unspecified atom stereocenters. The third-order valence-corrected chi connectivity index (χ3v) is 2.93. The van der Waals surface area contributed by atoms with Crippen molar-refractivity contribution in [1.82, 2.24) is 5.32 Å². The van der Waals surface area contributed by atoms with Gasteiger partial charge in [-0.25, -0.2) is 4.79 Å². The fourth-order valence-corrected chi connectivity index (χ4v) is 1.83. The number of anilines is 1. The van der Waals surface area contributed by atoms with Gasteiger partial charge in [-0.3, -0.25) is 4.79 Å². The summed E-state index contributed by atoms with van der Waals surface area (Å²) >= 11 is 0. The number of benzene rings is 1. The zero-order chi connectivity index (χ0) is 15.5. The van der Waals surface area contributed by atoms with Crippen LogP contribution in [0.3, 0.4) is 0 Å². The Morgan fingerprint density at radius 2 is 1.95 bits per heavy atom. The number of carboxylic acids is 1. The van der Waals surface area contributed by atoms with E-state index in [0.29, 0.717) is 24.4 Å². The van der Waals surface area contributed by atoms with Crippen LogP contribution in [0.25, 0.3) is 0 Å². The molecule has 6 nitrogen and oxygen atoms in total. The van der Waals surface area contributed by atoms with E-state index < -0.39 is 5.97 Å². The molecule has 0 aliphatic rings. The third-order valence-electron chi connectivity index (χ3n) is 2.93. The molecule has 1 aromatic carbocycles. The second kappa shape index (κ2) is 9.63. The van der Waals surface area contributed by atoms with Gasteiger partial charge in [0.05, 0.1) is 7.11 Å². The van der Waals surface area contributed by atoms with Crippen LogP contribution >= 0.6 is 0 Å². The molecule has 0 aliphatic heterocycles. The quantitative estimate of drug-likeness (QED) is 0.611. The summed E-state index contributed by atoms with van der Waals surface area (Å²) in [5, 5.41) is 14.0. The molecule has 116 valence electrons. The maximum absolute atomic E-state index is 11.6. The van der Waals surface area contributed by atoms with Gasteiger partial charge in [-0.05, 0) is 25.0 Å². The van der Waals surface area contributed by atoms with Crippen molar-refractivity contribution in [2.24, 2.45) is 0 Å².